The van der Waals surface area contributed by atoms with Gasteiger partial charge in [0.1, 0.15) is 0 Å². The molecule has 0 unspecified atom stereocenters. The fourth-order valence-electron chi connectivity index (χ4n) is 0.669. The van der Waals surface area contributed by atoms with E-state index in [1.54, 1.807) is 0 Å². The van der Waals surface area contributed by atoms with E-state index in [9.17, 15) is 13.6 Å². The van der Waals surface area contributed by atoms with Crippen LogP contribution in [-0.2, 0) is 0 Å². The number of halogens is 2. The number of carboxylic acids is 1. The number of aromatic carboxylic acids is 1. The first-order valence-corrected chi connectivity index (χ1v) is 2.80. The van der Waals surface area contributed by atoms with Gasteiger partial charge in [-0.1, -0.05) is 6.07 Å². The maximum atomic E-state index is 12.5. The Labute approximate surface area is 111 Å². The molecule has 0 fully saturated rings. The van der Waals surface area contributed by atoms with Crippen molar-refractivity contribution in [1.29, 1.82) is 0 Å². The molecule has 1 rings (SSSR count). The second-order valence-electron chi connectivity index (χ2n) is 1.91. The minimum Gasteiger partial charge on any atom is -1.00 e. The van der Waals surface area contributed by atoms with E-state index in [1.165, 1.54) is 0 Å². The van der Waals surface area contributed by atoms with Gasteiger partial charge in [-0.2, -0.15) is 0 Å². The molecule has 1 aromatic rings. The Morgan fingerprint density at radius 2 is 2.00 bits per heavy atom. The molecule has 60 valence electrons. The fourth-order valence-corrected chi connectivity index (χ4v) is 0.669. The number of benzene rings is 1. The summed E-state index contributed by atoms with van der Waals surface area (Å²) in [6.45, 7) is 0. The van der Waals surface area contributed by atoms with E-state index in [0.29, 0.717) is 0 Å². The Bertz CT molecular complexity index is 307. The number of hydrogen-bond acceptors (Lipinski definition) is 1. The predicted molar refractivity (Wildman–Crippen MR) is 34.4 cm³/mol. The van der Waals surface area contributed by atoms with E-state index in [4.69, 9.17) is 5.11 Å². The van der Waals surface area contributed by atoms with Crippen LogP contribution in [0.3, 0.4) is 0 Å². The van der Waals surface area contributed by atoms with Crippen LogP contribution in [0.2, 0.25) is 0 Å². The molecule has 0 saturated heterocycles. The quantitative estimate of drug-likeness (QED) is 0.574. The Morgan fingerprint density at radius 3 is 2.42 bits per heavy atom. The Hall–Kier alpha value is 0.186. The molecule has 12 heavy (non-hydrogen) atoms. The van der Waals surface area contributed by atoms with Gasteiger partial charge < -0.3 is 6.53 Å². The van der Waals surface area contributed by atoms with Gasteiger partial charge in [-0.3, -0.25) is 0 Å². The summed E-state index contributed by atoms with van der Waals surface area (Å²) in [5, 5.41) is 8.28. The van der Waals surface area contributed by atoms with Crippen LogP contribution in [0.4, 0.5) is 8.78 Å². The third-order valence-electron chi connectivity index (χ3n) is 1.18. The summed E-state index contributed by atoms with van der Waals surface area (Å²) in [6, 6.07) is 3.00. The zero-order chi connectivity index (χ0) is 8.43. The molecule has 0 atom stereocenters. The van der Waals surface area contributed by atoms with Crippen molar-refractivity contribution >= 4 is 5.97 Å². The normalized spacial score (nSPS) is 8.83. The first-order chi connectivity index (χ1) is 5.13. The Balaban J connectivity index is 0. The summed E-state index contributed by atoms with van der Waals surface area (Å²) < 4.78 is 24.8. The topological polar surface area (TPSA) is 37.3 Å². The van der Waals surface area contributed by atoms with Crippen LogP contribution >= 0.6 is 0 Å². The van der Waals surface area contributed by atoms with E-state index >= 15 is 0 Å². The van der Waals surface area contributed by atoms with Crippen LogP contribution in [0.15, 0.2) is 18.2 Å². The minimum atomic E-state index is -1.47. The maximum absolute atomic E-state index is 12.5. The van der Waals surface area contributed by atoms with Gasteiger partial charge in [-0.05, 0) is 12.1 Å². The summed E-state index contributed by atoms with van der Waals surface area (Å²) in [6.07, 6.45) is 0. The van der Waals surface area contributed by atoms with Crippen molar-refractivity contribution in [3.05, 3.63) is 35.4 Å². The number of rotatable bonds is 1. The summed E-state index contributed by atoms with van der Waals surface area (Å²) >= 11 is 0. The second-order valence-corrected chi connectivity index (χ2v) is 1.91. The Kier molecular flexibility index (Phi) is 5.11. The minimum absolute atomic E-state index is 0. The predicted octanol–water partition coefficient (Wildman–Crippen LogP) is -1.22. The van der Waals surface area contributed by atoms with E-state index in [0.717, 1.165) is 18.2 Å². The monoisotopic (exact) mass is 198 g/mol. The first kappa shape index (κ1) is 12.2. The maximum Gasteiger partial charge on any atom is 1.00 e. The van der Waals surface area contributed by atoms with Crippen molar-refractivity contribution in [1.82, 2.24) is 0 Å². The van der Waals surface area contributed by atoms with E-state index < -0.39 is 23.2 Å². The molecule has 0 spiro atoms. The zero-order valence-corrected chi connectivity index (χ0v) is 9.47. The summed E-state index contributed by atoms with van der Waals surface area (Å²) in [4.78, 5) is 10.2. The molecule has 0 saturated carbocycles. The van der Waals surface area contributed by atoms with Crippen LogP contribution in [0.5, 0.6) is 0 Å². The summed E-state index contributed by atoms with van der Waals surface area (Å²) in [7, 11) is 0. The third kappa shape index (κ3) is 2.60. The summed E-state index contributed by atoms with van der Waals surface area (Å²) in [5.41, 5.74) is -0.648. The van der Waals surface area contributed by atoms with Gasteiger partial charge in [-0.25, -0.2) is 13.6 Å². The van der Waals surface area contributed by atoms with Crippen LogP contribution < -0.4 is 51.4 Å². The van der Waals surface area contributed by atoms with Crippen LogP contribution in [0.25, 0.3) is 0 Å². The molecule has 0 heterocycles. The van der Waals surface area contributed by atoms with Crippen molar-refractivity contribution in [2.24, 2.45) is 0 Å². The molecule has 0 radical (unpaired) electrons. The van der Waals surface area contributed by atoms with Gasteiger partial charge in [0.05, 0.1) is 5.56 Å². The average molecular weight is 198 g/mol. The molecule has 0 aliphatic carbocycles. The van der Waals surface area contributed by atoms with E-state index in [2.05, 4.69) is 0 Å². The average Bonchev–Trinajstić information content (AvgIpc) is 1.94. The SMILES string of the molecule is O=C(O)c1cccc(F)c1F.[H-].[K+]. The molecule has 0 aliphatic rings. The van der Waals surface area contributed by atoms with Gasteiger partial charge in [0.2, 0.25) is 0 Å². The molecule has 0 aromatic heterocycles. The Morgan fingerprint density at radius 1 is 1.42 bits per heavy atom. The molecule has 1 N–H and O–H groups in total. The fraction of sp³-hybridized carbons (Fsp3) is 0. The van der Waals surface area contributed by atoms with Crippen molar-refractivity contribution < 1.29 is 71.5 Å². The van der Waals surface area contributed by atoms with Crippen molar-refractivity contribution in [2.45, 2.75) is 0 Å². The van der Waals surface area contributed by atoms with Gasteiger partial charge in [0.25, 0.3) is 0 Å². The molecular weight excluding hydrogens is 193 g/mol. The standard InChI is InChI=1S/C7H4F2O2.K.H/c8-5-3-1-2-4(6(5)9)7(10)11;;/h1-3H,(H,10,11);;/q;+1;-1. The third-order valence-corrected chi connectivity index (χ3v) is 1.18. The second kappa shape index (κ2) is 5.03. The first-order valence-electron chi connectivity index (χ1n) is 2.80. The number of carboxylic acid groups (broad SMARTS) is 1. The number of carbonyl (C=O) groups is 1. The van der Waals surface area contributed by atoms with Gasteiger partial charge in [0.15, 0.2) is 11.6 Å². The van der Waals surface area contributed by atoms with Gasteiger partial charge in [-0.15, -0.1) is 0 Å². The molecule has 2 nitrogen and oxygen atoms in total. The van der Waals surface area contributed by atoms with E-state index in [1.807, 2.05) is 0 Å². The van der Waals surface area contributed by atoms with E-state index in [-0.39, 0.29) is 52.8 Å². The smallest absolute Gasteiger partial charge is 1.00 e. The van der Waals surface area contributed by atoms with Crippen LogP contribution in [0.1, 0.15) is 11.8 Å². The largest absolute Gasteiger partial charge is 1.00 e. The van der Waals surface area contributed by atoms with Gasteiger partial charge in [0, 0.05) is 0 Å². The molecule has 0 aliphatic heterocycles. The molecule has 0 bridgehead atoms. The van der Waals surface area contributed by atoms with Crippen molar-refractivity contribution in [3.63, 3.8) is 0 Å². The van der Waals surface area contributed by atoms with Crippen molar-refractivity contribution in [3.8, 4) is 0 Å². The zero-order valence-electron chi connectivity index (χ0n) is 7.34. The molecule has 5 heteroatoms. The van der Waals surface area contributed by atoms with Crippen LogP contribution in [-0.4, -0.2) is 11.1 Å². The van der Waals surface area contributed by atoms with Crippen molar-refractivity contribution in [2.75, 3.05) is 0 Å². The van der Waals surface area contributed by atoms with Crippen LogP contribution in [0, 0.1) is 11.6 Å². The van der Waals surface area contributed by atoms with Gasteiger partial charge >= 0.3 is 57.4 Å². The molecule has 1 aromatic carbocycles. The molecule has 0 amide bonds. The number of hydrogen-bond donors (Lipinski definition) is 1. The summed E-state index contributed by atoms with van der Waals surface area (Å²) in [5.74, 6) is -3.94. The molecular formula is C7H5F2KO2.